The molecule has 49 heavy (non-hydrogen) atoms. The zero-order valence-electron chi connectivity index (χ0n) is 28.5. The number of aliphatic hydroxyl groups is 1. The number of rotatable bonds is 18. The van der Waals surface area contributed by atoms with Gasteiger partial charge in [-0.05, 0) is 110 Å². The highest BCUT2D eigenvalue weighted by molar-refractivity contribution is 7.91. The van der Waals surface area contributed by atoms with Crippen LogP contribution >= 0.6 is 0 Å². The predicted molar refractivity (Wildman–Crippen MR) is 187 cm³/mol. The lowest BCUT2D eigenvalue weighted by molar-refractivity contribution is -0.0791. The first-order valence-electron chi connectivity index (χ1n) is 16.5. The number of ether oxygens (including phenoxy) is 3. The van der Waals surface area contributed by atoms with E-state index in [2.05, 4.69) is 0 Å². The van der Waals surface area contributed by atoms with Crippen LogP contribution in [0.2, 0.25) is 0 Å². The lowest BCUT2D eigenvalue weighted by Gasteiger charge is -2.32. The van der Waals surface area contributed by atoms with Crippen LogP contribution in [0.4, 0.5) is 0 Å². The maximum absolute atomic E-state index is 13.2. The van der Waals surface area contributed by atoms with E-state index >= 15 is 0 Å². The Morgan fingerprint density at radius 2 is 0.939 bits per heavy atom. The lowest BCUT2D eigenvalue weighted by Crippen LogP contribution is -2.30. The van der Waals surface area contributed by atoms with Crippen molar-refractivity contribution in [1.29, 1.82) is 0 Å². The molecule has 0 saturated heterocycles. The van der Waals surface area contributed by atoms with E-state index in [1.807, 2.05) is 27.7 Å². The zero-order valence-corrected chi connectivity index (χ0v) is 30.1. The number of hydrogen-bond donors (Lipinski definition) is 2. The maximum atomic E-state index is 13.2. The lowest BCUT2D eigenvalue weighted by atomic mass is 9.88. The number of aromatic hydroxyl groups is 1. The van der Waals surface area contributed by atoms with Gasteiger partial charge in [0, 0.05) is 0 Å². The third-order valence-corrected chi connectivity index (χ3v) is 12.7. The summed E-state index contributed by atoms with van der Waals surface area (Å²) >= 11 is 0. The van der Waals surface area contributed by atoms with E-state index in [4.69, 9.17) is 14.2 Å². The van der Waals surface area contributed by atoms with E-state index in [1.165, 1.54) is 48.5 Å². The fourth-order valence-electron chi connectivity index (χ4n) is 5.72. The van der Waals surface area contributed by atoms with Crippen LogP contribution in [0, 0.1) is 0 Å². The van der Waals surface area contributed by atoms with Gasteiger partial charge in [0.25, 0.3) is 0 Å². The summed E-state index contributed by atoms with van der Waals surface area (Å²) in [7, 11) is -7.46. The van der Waals surface area contributed by atoms with Crippen LogP contribution in [0.25, 0.3) is 0 Å². The molecule has 0 aliphatic carbocycles. The van der Waals surface area contributed by atoms with Crippen LogP contribution in [0.15, 0.2) is 117 Å². The Balaban J connectivity index is 1.25. The quantitative estimate of drug-likeness (QED) is 0.103. The predicted octanol–water partition coefficient (Wildman–Crippen LogP) is 7.19. The molecule has 0 unspecified atom stereocenters. The minimum Gasteiger partial charge on any atom is -0.508 e. The molecule has 0 aliphatic heterocycles. The van der Waals surface area contributed by atoms with Gasteiger partial charge in [0.05, 0.1) is 50.6 Å². The average Bonchev–Trinajstić information content (AvgIpc) is 3.13. The molecule has 0 amide bonds. The Hall–Kier alpha value is -3.74. The first-order valence-corrected chi connectivity index (χ1v) is 19.5. The second-order valence-electron chi connectivity index (χ2n) is 11.8. The minimum atomic E-state index is -3.74. The van der Waals surface area contributed by atoms with E-state index in [0.717, 1.165) is 5.56 Å². The smallest absolute Gasteiger partial charge is 0.206 e. The second kappa shape index (κ2) is 16.3. The van der Waals surface area contributed by atoms with Gasteiger partial charge in [-0.15, -0.1) is 0 Å². The summed E-state index contributed by atoms with van der Waals surface area (Å²) in [6, 6.07) is 24.8. The first kappa shape index (κ1) is 38.1. The molecule has 4 aromatic carbocycles. The van der Waals surface area contributed by atoms with Crippen LogP contribution in [0.5, 0.6) is 11.5 Å². The highest BCUT2D eigenvalue weighted by Gasteiger charge is 2.30. The molecule has 4 aromatic rings. The van der Waals surface area contributed by atoms with Gasteiger partial charge < -0.3 is 24.4 Å². The van der Waals surface area contributed by atoms with Gasteiger partial charge in [-0.25, -0.2) is 16.8 Å². The van der Waals surface area contributed by atoms with Crippen molar-refractivity contribution in [1.82, 2.24) is 0 Å². The third-order valence-electron chi connectivity index (χ3n) is 9.09. The summed E-state index contributed by atoms with van der Waals surface area (Å²) in [5.41, 5.74) is -0.0307. The van der Waals surface area contributed by atoms with Crippen LogP contribution < -0.4 is 4.74 Å². The van der Waals surface area contributed by atoms with E-state index in [9.17, 15) is 27.0 Å². The van der Waals surface area contributed by atoms with E-state index < -0.39 is 30.9 Å². The molecule has 0 atom stereocenters. The van der Waals surface area contributed by atoms with Crippen molar-refractivity contribution in [3.05, 3.63) is 108 Å². The molecule has 0 aliphatic rings. The molecule has 0 radical (unpaired) electrons. The van der Waals surface area contributed by atoms with Crippen molar-refractivity contribution >= 4 is 19.7 Å². The number of phenolic OH excluding ortho intramolecular Hbond substituents is 1. The molecule has 0 saturated carbocycles. The standard InChI is InChI=1S/C38H46O9S2/c1-5-37(40,6-2)29-9-17-33(18-10-29)49(43,44)36-23-15-32(16-24-36)46-27-25-45-26-28-47-38(7-3,8-4)30-11-19-34(20-12-30)48(41,42)35-21-13-31(39)14-22-35/h9-24,39-40H,5-8,25-28H2,1-4H3. The molecular weight excluding hydrogens is 665 g/mol. The zero-order chi connectivity index (χ0) is 35.7. The molecule has 0 aromatic heterocycles. The average molecular weight is 711 g/mol. The van der Waals surface area contributed by atoms with E-state index in [-0.39, 0.29) is 31.9 Å². The molecule has 11 heteroatoms. The highest BCUT2D eigenvalue weighted by Crippen LogP contribution is 2.35. The van der Waals surface area contributed by atoms with Gasteiger partial charge in [0.2, 0.25) is 19.7 Å². The largest absolute Gasteiger partial charge is 0.508 e. The van der Waals surface area contributed by atoms with Gasteiger partial charge in [-0.1, -0.05) is 52.0 Å². The first-order chi connectivity index (χ1) is 23.3. The van der Waals surface area contributed by atoms with Crippen molar-refractivity contribution in [2.45, 2.75) is 84.2 Å². The number of benzene rings is 4. The Kier molecular flexibility index (Phi) is 12.7. The molecule has 0 heterocycles. The molecule has 0 bridgehead atoms. The van der Waals surface area contributed by atoms with Gasteiger partial charge >= 0.3 is 0 Å². The van der Waals surface area contributed by atoms with Crippen LogP contribution in [0.3, 0.4) is 0 Å². The minimum absolute atomic E-state index is 0.00242. The summed E-state index contributed by atoms with van der Waals surface area (Å²) < 4.78 is 70.1. The molecule has 2 N–H and O–H groups in total. The summed E-state index contributed by atoms with van der Waals surface area (Å²) in [5, 5.41) is 20.2. The fourth-order valence-corrected chi connectivity index (χ4v) is 8.24. The number of hydrogen-bond acceptors (Lipinski definition) is 9. The Labute approximate surface area is 290 Å². The Bertz CT molecular complexity index is 1840. The maximum Gasteiger partial charge on any atom is 0.206 e. The van der Waals surface area contributed by atoms with Crippen molar-refractivity contribution < 1.29 is 41.3 Å². The molecule has 0 fully saturated rings. The molecule has 4 rings (SSSR count). The Morgan fingerprint density at radius 3 is 1.39 bits per heavy atom. The van der Waals surface area contributed by atoms with Crippen LogP contribution in [-0.4, -0.2) is 53.5 Å². The number of phenols is 1. The van der Waals surface area contributed by atoms with E-state index in [0.29, 0.717) is 56.8 Å². The van der Waals surface area contributed by atoms with Crippen molar-refractivity contribution in [2.24, 2.45) is 0 Å². The summed E-state index contributed by atoms with van der Waals surface area (Å²) in [5.74, 6) is 0.509. The van der Waals surface area contributed by atoms with E-state index in [1.54, 1.807) is 48.5 Å². The second-order valence-corrected chi connectivity index (χ2v) is 15.7. The molecular formula is C38H46O9S2. The monoisotopic (exact) mass is 710 g/mol. The van der Waals surface area contributed by atoms with Crippen LogP contribution in [-0.2, 0) is 40.4 Å². The third kappa shape index (κ3) is 8.71. The summed E-state index contributed by atoms with van der Waals surface area (Å²) in [4.78, 5) is 0.562. The van der Waals surface area contributed by atoms with Gasteiger partial charge in [-0.3, -0.25) is 0 Å². The SMILES string of the molecule is CCC(O)(CC)c1ccc(S(=O)(=O)c2ccc(OCCOCCOC(CC)(CC)c3ccc(S(=O)(=O)c4ccc(O)cc4)cc3)cc2)cc1. The summed E-state index contributed by atoms with van der Waals surface area (Å²) in [6.07, 6.45) is 2.42. The summed E-state index contributed by atoms with van der Waals surface area (Å²) in [6.45, 7) is 9.03. The highest BCUT2D eigenvalue weighted by atomic mass is 32.2. The number of sulfone groups is 2. The topological polar surface area (TPSA) is 136 Å². The van der Waals surface area contributed by atoms with Gasteiger partial charge in [0.15, 0.2) is 0 Å². The molecule has 9 nitrogen and oxygen atoms in total. The normalized spacial score (nSPS) is 12.6. The molecule has 264 valence electrons. The Morgan fingerprint density at radius 1 is 0.531 bits per heavy atom. The van der Waals surface area contributed by atoms with Crippen molar-refractivity contribution in [3.8, 4) is 11.5 Å². The molecule has 0 spiro atoms. The van der Waals surface area contributed by atoms with Crippen molar-refractivity contribution in [3.63, 3.8) is 0 Å². The van der Waals surface area contributed by atoms with Gasteiger partial charge in [-0.2, -0.15) is 0 Å². The van der Waals surface area contributed by atoms with Gasteiger partial charge in [0.1, 0.15) is 18.1 Å². The van der Waals surface area contributed by atoms with Crippen molar-refractivity contribution in [2.75, 3.05) is 26.4 Å². The fraction of sp³-hybridized carbons (Fsp3) is 0.368. The van der Waals surface area contributed by atoms with Crippen LogP contribution in [0.1, 0.15) is 64.5 Å².